The van der Waals surface area contributed by atoms with Crippen LogP contribution in [-0.4, -0.2) is 25.2 Å². The summed E-state index contributed by atoms with van der Waals surface area (Å²) in [5, 5.41) is 0. The Bertz CT molecular complexity index is 129. The van der Waals surface area contributed by atoms with Crippen molar-refractivity contribution in [2.75, 3.05) is 7.11 Å². The van der Waals surface area contributed by atoms with Crippen LogP contribution < -0.4 is 0 Å². The summed E-state index contributed by atoms with van der Waals surface area (Å²) < 4.78 is 38.8. The molecule has 0 saturated heterocycles. The summed E-state index contributed by atoms with van der Waals surface area (Å²) in [6, 6.07) is 0. The number of alkyl halides is 3. The zero-order valence-electron chi connectivity index (χ0n) is 5.53. The van der Waals surface area contributed by atoms with Gasteiger partial charge in [0.05, 0.1) is 0 Å². The molecule has 1 unspecified atom stereocenters. The number of carbonyl (C=O) groups is 1. The van der Waals surface area contributed by atoms with Crippen LogP contribution in [0.25, 0.3) is 0 Å². The van der Waals surface area contributed by atoms with Crippen LogP contribution in [0.5, 0.6) is 0 Å². The third kappa shape index (κ3) is 2.34. The molecule has 0 bridgehead atoms. The topological polar surface area (TPSA) is 26.3 Å². The van der Waals surface area contributed by atoms with Crippen molar-refractivity contribution in [3.8, 4) is 0 Å². The molecule has 0 aliphatic heterocycles. The minimum Gasteiger partial charge on any atom is -0.365 e. The summed E-state index contributed by atoms with van der Waals surface area (Å²) in [6.45, 7) is 0.835. The summed E-state index contributed by atoms with van der Waals surface area (Å²) in [4.78, 5) is 10.2. The SMILES string of the molecule is COC(C(C)=O)C(F)(F)F. The van der Waals surface area contributed by atoms with Gasteiger partial charge in [-0.2, -0.15) is 13.2 Å². The summed E-state index contributed by atoms with van der Waals surface area (Å²) in [5.41, 5.74) is 0. The fraction of sp³-hybridized carbons (Fsp3) is 0.800. The average molecular weight is 156 g/mol. The normalized spacial score (nSPS) is 14.9. The highest BCUT2D eigenvalue weighted by atomic mass is 19.4. The summed E-state index contributed by atoms with van der Waals surface area (Å²) in [7, 11) is 0.847. The maximum Gasteiger partial charge on any atom is 0.421 e. The minimum absolute atomic E-state index is 0.835. The zero-order valence-corrected chi connectivity index (χ0v) is 5.53. The van der Waals surface area contributed by atoms with Crippen molar-refractivity contribution in [1.82, 2.24) is 0 Å². The third-order valence-electron chi connectivity index (χ3n) is 0.902. The van der Waals surface area contributed by atoms with Crippen LogP contribution in [0, 0.1) is 0 Å². The van der Waals surface area contributed by atoms with Crippen LogP contribution >= 0.6 is 0 Å². The quantitative estimate of drug-likeness (QED) is 0.599. The van der Waals surface area contributed by atoms with Gasteiger partial charge in [-0.3, -0.25) is 4.79 Å². The van der Waals surface area contributed by atoms with Gasteiger partial charge in [-0.1, -0.05) is 0 Å². The molecular formula is C5H7F3O2. The monoisotopic (exact) mass is 156 g/mol. The van der Waals surface area contributed by atoms with Gasteiger partial charge in [0.15, 0.2) is 5.78 Å². The van der Waals surface area contributed by atoms with Crippen LogP contribution in [0.4, 0.5) is 13.2 Å². The van der Waals surface area contributed by atoms with E-state index in [4.69, 9.17) is 0 Å². The number of Topliss-reactive ketones (excluding diaryl/α,β-unsaturated/α-hetero) is 1. The highest BCUT2D eigenvalue weighted by Crippen LogP contribution is 2.22. The number of rotatable bonds is 2. The number of halogens is 3. The highest BCUT2D eigenvalue weighted by Gasteiger charge is 2.43. The molecule has 0 aliphatic rings. The molecule has 0 spiro atoms. The first kappa shape index (κ1) is 9.42. The second-order valence-corrected chi connectivity index (χ2v) is 1.77. The van der Waals surface area contributed by atoms with Crippen molar-refractivity contribution in [2.45, 2.75) is 19.2 Å². The molecule has 0 amide bonds. The molecule has 1 atom stereocenters. The lowest BCUT2D eigenvalue weighted by atomic mass is 10.2. The maximum atomic E-state index is 11.6. The van der Waals surface area contributed by atoms with Crippen molar-refractivity contribution in [2.24, 2.45) is 0 Å². The molecule has 0 saturated carbocycles. The predicted octanol–water partition coefficient (Wildman–Crippen LogP) is 1.15. The van der Waals surface area contributed by atoms with E-state index in [9.17, 15) is 18.0 Å². The van der Waals surface area contributed by atoms with Crippen molar-refractivity contribution < 1.29 is 22.7 Å². The number of hydrogen-bond acceptors (Lipinski definition) is 2. The Balaban J connectivity index is 4.22. The van der Waals surface area contributed by atoms with E-state index in [0.29, 0.717) is 0 Å². The second-order valence-electron chi connectivity index (χ2n) is 1.77. The molecule has 0 N–H and O–H groups in total. The van der Waals surface area contributed by atoms with Crippen LogP contribution in [0.15, 0.2) is 0 Å². The first-order valence-corrected chi connectivity index (χ1v) is 2.49. The Kier molecular flexibility index (Phi) is 2.83. The van der Waals surface area contributed by atoms with Crippen molar-refractivity contribution in [3.63, 3.8) is 0 Å². The van der Waals surface area contributed by atoms with E-state index in [0.717, 1.165) is 14.0 Å². The number of carbonyl (C=O) groups excluding carboxylic acids is 1. The molecule has 0 aromatic carbocycles. The molecule has 10 heavy (non-hydrogen) atoms. The van der Waals surface area contributed by atoms with E-state index in [1.807, 2.05) is 0 Å². The van der Waals surface area contributed by atoms with Crippen LogP contribution in [-0.2, 0) is 9.53 Å². The molecule has 0 heterocycles. The number of ketones is 1. The molecule has 60 valence electrons. The highest BCUT2D eigenvalue weighted by molar-refractivity contribution is 5.81. The summed E-state index contributed by atoms with van der Waals surface area (Å²) in [6.07, 6.45) is -6.85. The first-order chi connectivity index (χ1) is 4.39. The lowest BCUT2D eigenvalue weighted by molar-refractivity contribution is -0.209. The number of hydrogen-bond donors (Lipinski definition) is 0. The van der Waals surface area contributed by atoms with E-state index >= 15 is 0 Å². The Hall–Kier alpha value is -0.580. The van der Waals surface area contributed by atoms with Gasteiger partial charge in [-0.15, -0.1) is 0 Å². The van der Waals surface area contributed by atoms with Gasteiger partial charge in [0.25, 0.3) is 0 Å². The van der Waals surface area contributed by atoms with Crippen molar-refractivity contribution >= 4 is 5.78 Å². The van der Waals surface area contributed by atoms with Crippen LogP contribution in [0.1, 0.15) is 6.92 Å². The number of ether oxygens (including phenoxy) is 1. The van der Waals surface area contributed by atoms with Gasteiger partial charge in [0.1, 0.15) is 0 Å². The third-order valence-corrected chi connectivity index (χ3v) is 0.902. The lowest BCUT2D eigenvalue weighted by Gasteiger charge is -2.14. The van der Waals surface area contributed by atoms with Gasteiger partial charge >= 0.3 is 6.18 Å². The van der Waals surface area contributed by atoms with Gasteiger partial charge in [-0.25, -0.2) is 0 Å². The Morgan fingerprint density at radius 3 is 1.90 bits per heavy atom. The maximum absolute atomic E-state index is 11.6. The van der Waals surface area contributed by atoms with E-state index in [1.54, 1.807) is 0 Å². The molecule has 0 aliphatic carbocycles. The standard InChI is InChI=1S/C5H7F3O2/c1-3(9)4(10-2)5(6,7)8/h4H,1-2H3. The van der Waals surface area contributed by atoms with Crippen LogP contribution in [0.2, 0.25) is 0 Å². The molecule has 0 fully saturated rings. The smallest absolute Gasteiger partial charge is 0.365 e. The lowest BCUT2D eigenvalue weighted by Crippen LogP contribution is -2.36. The van der Waals surface area contributed by atoms with E-state index in [-0.39, 0.29) is 0 Å². The first-order valence-electron chi connectivity index (χ1n) is 2.49. The zero-order chi connectivity index (χ0) is 8.36. The second kappa shape index (κ2) is 3.01. The fourth-order valence-electron chi connectivity index (χ4n) is 0.530. The molecule has 0 aromatic heterocycles. The Morgan fingerprint density at radius 1 is 1.50 bits per heavy atom. The Morgan fingerprint density at radius 2 is 1.90 bits per heavy atom. The van der Waals surface area contributed by atoms with Gasteiger partial charge in [0.2, 0.25) is 6.10 Å². The fourth-order valence-corrected chi connectivity index (χ4v) is 0.530. The van der Waals surface area contributed by atoms with E-state index in [2.05, 4.69) is 4.74 Å². The molecule has 2 nitrogen and oxygen atoms in total. The van der Waals surface area contributed by atoms with Crippen molar-refractivity contribution in [3.05, 3.63) is 0 Å². The van der Waals surface area contributed by atoms with E-state index in [1.165, 1.54) is 0 Å². The van der Waals surface area contributed by atoms with Gasteiger partial charge in [0, 0.05) is 7.11 Å². The van der Waals surface area contributed by atoms with Crippen LogP contribution in [0.3, 0.4) is 0 Å². The predicted molar refractivity (Wildman–Crippen MR) is 27.5 cm³/mol. The molecule has 0 aromatic rings. The molecule has 5 heteroatoms. The summed E-state index contributed by atoms with van der Waals surface area (Å²) >= 11 is 0. The van der Waals surface area contributed by atoms with Gasteiger partial charge in [-0.05, 0) is 6.92 Å². The average Bonchev–Trinajstić information content (AvgIpc) is 1.60. The summed E-state index contributed by atoms with van der Waals surface area (Å²) in [5.74, 6) is -1.03. The van der Waals surface area contributed by atoms with Gasteiger partial charge < -0.3 is 4.74 Å². The molecule has 0 radical (unpaired) electrons. The Labute approximate surface area is 56.0 Å². The molecular weight excluding hydrogens is 149 g/mol. The minimum atomic E-state index is -4.58. The molecule has 0 rings (SSSR count). The number of methoxy groups -OCH3 is 1. The van der Waals surface area contributed by atoms with E-state index < -0.39 is 18.1 Å². The largest absolute Gasteiger partial charge is 0.421 e. The van der Waals surface area contributed by atoms with Crippen molar-refractivity contribution in [1.29, 1.82) is 0 Å².